The van der Waals surface area contributed by atoms with E-state index in [0.29, 0.717) is 37.4 Å². The number of carbonyl (C=O) groups excluding carboxylic acids is 1. The van der Waals surface area contributed by atoms with E-state index in [9.17, 15) is 15.0 Å². The van der Waals surface area contributed by atoms with Crippen LogP contribution >= 0.6 is 0 Å². The van der Waals surface area contributed by atoms with Crippen LogP contribution in [0.15, 0.2) is 60.3 Å². The van der Waals surface area contributed by atoms with Crippen LogP contribution in [-0.2, 0) is 14.3 Å². The van der Waals surface area contributed by atoms with Crippen LogP contribution in [0.2, 0.25) is 0 Å². The van der Waals surface area contributed by atoms with Crippen molar-refractivity contribution in [2.45, 2.75) is 83.5 Å². The quantitative estimate of drug-likeness (QED) is 0.108. The number of hydrogen-bond acceptors (Lipinski definition) is 9. The predicted molar refractivity (Wildman–Crippen MR) is 186 cm³/mol. The highest BCUT2D eigenvalue weighted by Crippen LogP contribution is 2.61. The number of allylic oxidation sites excluding steroid dienone is 1. The molecule has 1 fully saturated rings. The molecule has 1 heterocycles. The first kappa shape index (κ1) is 37.5. The number of ether oxygens (including phenoxy) is 4. The number of carbonyl (C=O) groups is 1. The molecule has 266 valence electrons. The van der Waals surface area contributed by atoms with Gasteiger partial charge in [0, 0.05) is 38.2 Å². The van der Waals surface area contributed by atoms with E-state index in [1.807, 2.05) is 32.9 Å². The summed E-state index contributed by atoms with van der Waals surface area (Å²) in [5.41, 5.74) is 2.50. The molecule has 1 aromatic rings. The highest BCUT2D eigenvalue weighted by molar-refractivity contribution is 6.02. The van der Waals surface area contributed by atoms with Gasteiger partial charge in [-0.1, -0.05) is 63.6 Å². The van der Waals surface area contributed by atoms with Gasteiger partial charge in [0.2, 0.25) is 5.79 Å². The normalized spacial score (nSPS) is 26.8. The first-order valence-corrected chi connectivity index (χ1v) is 17.3. The number of fused-ring (bicyclic) bond motifs is 2. The molecule has 0 aromatic heterocycles. The van der Waals surface area contributed by atoms with E-state index in [-0.39, 0.29) is 55.5 Å². The summed E-state index contributed by atoms with van der Waals surface area (Å²) in [6, 6.07) is 5.25. The Labute approximate surface area is 286 Å². The van der Waals surface area contributed by atoms with Crippen LogP contribution in [0.1, 0.15) is 77.2 Å². The van der Waals surface area contributed by atoms with Gasteiger partial charge in [0.1, 0.15) is 31.3 Å². The number of oxime groups is 1. The predicted octanol–water partition coefficient (Wildman–Crippen LogP) is 6.63. The summed E-state index contributed by atoms with van der Waals surface area (Å²) in [7, 11) is 3.26. The van der Waals surface area contributed by atoms with E-state index in [1.165, 1.54) is 7.11 Å². The van der Waals surface area contributed by atoms with Crippen LogP contribution in [0.5, 0.6) is 11.5 Å². The number of aliphatic hydroxyl groups is 2. The van der Waals surface area contributed by atoms with E-state index < -0.39 is 17.9 Å². The summed E-state index contributed by atoms with van der Waals surface area (Å²) in [5, 5.41) is 24.0. The monoisotopic (exact) mass is 668 g/mol. The van der Waals surface area contributed by atoms with Gasteiger partial charge >= 0.3 is 6.09 Å². The second kappa shape index (κ2) is 16.9. The Morgan fingerprint density at radius 2 is 1.81 bits per heavy atom. The maximum atomic E-state index is 13.7. The molecule has 10 nitrogen and oxygen atoms in total. The fourth-order valence-electron chi connectivity index (χ4n) is 7.59. The molecule has 0 radical (unpaired) electrons. The number of benzene rings is 1. The number of rotatable bonds is 17. The van der Waals surface area contributed by atoms with Gasteiger partial charge in [-0.2, -0.15) is 0 Å². The fraction of sp³-hybridized carbons (Fsp3) is 0.632. The zero-order valence-corrected chi connectivity index (χ0v) is 29.5. The third kappa shape index (κ3) is 8.26. The lowest BCUT2D eigenvalue weighted by Gasteiger charge is -2.59. The maximum absolute atomic E-state index is 13.7. The van der Waals surface area contributed by atoms with Crippen molar-refractivity contribution >= 4 is 11.8 Å². The number of aliphatic hydroxyl groups excluding tert-OH is 2. The lowest BCUT2D eigenvalue weighted by atomic mass is 9.55. The highest BCUT2D eigenvalue weighted by atomic mass is 16.7. The van der Waals surface area contributed by atoms with Crippen LogP contribution in [0.4, 0.5) is 4.79 Å². The van der Waals surface area contributed by atoms with Gasteiger partial charge < -0.3 is 38.9 Å². The Bertz CT molecular complexity index is 1320. The molecule has 4 rings (SSSR count). The Kier molecular flexibility index (Phi) is 13.2. The van der Waals surface area contributed by atoms with Gasteiger partial charge in [0.05, 0.1) is 24.8 Å². The van der Waals surface area contributed by atoms with E-state index in [0.717, 1.165) is 42.5 Å². The first-order chi connectivity index (χ1) is 23.0. The average molecular weight is 669 g/mol. The average Bonchev–Trinajstić information content (AvgIpc) is 3.06. The Balaban J connectivity index is 1.96. The molecule has 0 spiro atoms. The molecule has 0 saturated heterocycles. The van der Waals surface area contributed by atoms with E-state index in [4.69, 9.17) is 23.8 Å². The molecule has 1 aromatic carbocycles. The molecule has 2 aliphatic carbocycles. The largest absolute Gasteiger partial charge is 0.490 e. The number of likely N-dealkylation sites (N-methyl/N-ethyl adjacent to an activating group) is 1. The van der Waals surface area contributed by atoms with Crippen LogP contribution in [-0.4, -0.2) is 85.9 Å². The molecule has 2 N–H and O–H groups in total. The summed E-state index contributed by atoms with van der Waals surface area (Å²) in [5.74, 6) is -0.142. The van der Waals surface area contributed by atoms with E-state index >= 15 is 0 Å². The molecule has 10 heteroatoms. The second-order valence-electron chi connectivity index (χ2n) is 14.3. The van der Waals surface area contributed by atoms with Crippen molar-refractivity contribution in [3.8, 4) is 11.5 Å². The summed E-state index contributed by atoms with van der Waals surface area (Å²) >= 11 is 0. The lowest BCUT2D eigenvalue weighted by Crippen LogP contribution is -2.69. The SMILES string of the molecule is C=CCOc1ccc2c(c1)[C@H]1[C@H](CCCCO)[C@@H](CCCCO)C=C3C(=NOC)C[C@H](N(C)C(=O)OCC(C)(C)C)[C@@](OCC=C)(O2)[C@H]31. The summed E-state index contributed by atoms with van der Waals surface area (Å²) < 4.78 is 25.8. The van der Waals surface area contributed by atoms with Crippen molar-refractivity contribution < 1.29 is 38.8 Å². The summed E-state index contributed by atoms with van der Waals surface area (Å²) in [4.78, 5) is 20.8. The minimum atomic E-state index is -1.31. The van der Waals surface area contributed by atoms with Gasteiger partial charge in [-0.25, -0.2) is 4.79 Å². The van der Waals surface area contributed by atoms with Gasteiger partial charge in [0.25, 0.3) is 0 Å². The van der Waals surface area contributed by atoms with Gasteiger partial charge in [-0.05, 0) is 66.7 Å². The molecular weight excluding hydrogens is 612 g/mol. The van der Waals surface area contributed by atoms with Crippen molar-refractivity contribution in [1.29, 1.82) is 0 Å². The molecule has 48 heavy (non-hydrogen) atoms. The maximum Gasteiger partial charge on any atom is 0.410 e. The minimum absolute atomic E-state index is 0.118. The number of nitrogens with zero attached hydrogens (tertiary/aromatic N) is 2. The minimum Gasteiger partial charge on any atom is -0.490 e. The van der Waals surface area contributed by atoms with Crippen LogP contribution in [0.25, 0.3) is 0 Å². The molecule has 3 aliphatic rings. The van der Waals surface area contributed by atoms with Gasteiger partial charge in [-0.3, -0.25) is 0 Å². The molecule has 0 bridgehead atoms. The standard InChI is InChI=1S/C38H56N2O8/c1-8-20-45-27-16-17-32-30(23-27)34-28(15-11-13-19-42)26(14-10-12-18-41)22-29-31(39-44-7)24-33(38(48-32,35(29)34)47-21-9-2)40(6)36(43)46-25-37(3,4)5/h8-9,16-17,22-23,26,28,33-35,41-42H,1-2,10-15,18-21,24-25H2,3-7H3/t26-,28+,33-,34+,35+,38+/m0/s1. The lowest BCUT2D eigenvalue weighted by molar-refractivity contribution is -0.253. The summed E-state index contributed by atoms with van der Waals surface area (Å²) in [6.45, 7) is 14.9. The van der Waals surface area contributed by atoms with E-state index in [1.54, 1.807) is 24.1 Å². The highest BCUT2D eigenvalue weighted by Gasteiger charge is 2.65. The van der Waals surface area contributed by atoms with Crippen molar-refractivity contribution in [3.05, 3.63) is 60.7 Å². The Hall–Kier alpha value is -3.34. The molecule has 6 atom stereocenters. The summed E-state index contributed by atoms with van der Waals surface area (Å²) in [6.07, 6.45) is 10.4. The molecule has 1 saturated carbocycles. The number of unbranched alkanes of at least 4 members (excludes halogenated alkanes) is 2. The van der Waals surface area contributed by atoms with Crippen LogP contribution in [0, 0.1) is 23.2 Å². The molecule has 1 aliphatic heterocycles. The molecule has 0 unspecified atom stereocenters. The van der Waals surface area contributed by atoms with Crippen LogP contribution in [0.3, 0.4) is 0 Å². The van der Waals surface area contributed by atoms with Gasteiger partial charge in [0.15, 0.2) is 0 Å². The zero-order valence-electron chi connectivity index (χ0n) is 29.5. The number of amides is 1. The van der Waals surface area contributed by atoms with Crippen molar-refractivity contribution in [2.75, 3.05) is 47.2 Å². The Morgan fingerprint density at radius 1 is 1.10 bits per heavy atom. The van der Waals surface area contributed by atoms with E-state index in [2.05, 4.69) is 30.5 Å². The zero-order chi connectivity index (χ0) is 34.9. The smallest absolute Gasteiger partial charge is 0.410 e. The third-order valence-electron chi connectivity index (χ3n) is 9.60. The molecular formula is C38H56N2O8. The van der Waals surface area contributed by atoms with Crippen molar-refractivity contribution in [1.82, 2.24) is 4.90 Å². The topological polar surface area (TPSA) is 119 Å². The van der Waals surface area contributed by atoms with Crippen molar-refractivity contribution in [3.63, 3.8) is 0 Å². The first-order valence-electron chi connectivity index (χ1n) is 17.3. The second-order valence-corrected chi connectivity index (χ2v) is 14.3. The van der Waals surface area contributed by atoms with Gasteiger partial charge in [-0.15, -0.1) is 6.58 Å². The molecule has 1 amide bonds. The Morgan fingerprint density at radius 3 is 2.46 bits per heavy atom. The van der Waals surface area contributed by atoms with Crippen molar-refractivity contribution in [2.24, 2.45) is 28.3 Å². The fourth-order valence-corrected chi connectivity index (χ4v) is 7.59. The third-order valence-corrected chi connectivity index (χ3v) is 9.60. The van der Waals surface area contributed by atoms with Crippen LogP contribution < -0.4 is 9.47 Å². The number of hydrogen-bond donors (Lipinski definition) is 2.